The van der Waals surface area contributed by atoms with Gasteiger partial charge in [-0.25, -0.2) is 9.78 Å². The van der Waals surface area contributed by atoms with Gasteiger partial charge in [-0.2, -0.15) is 0 Å². The summed E-state index contributed by atoms with van der Waals surface area (Å²) in [5.74, 6) is 0.732. The molecule has 3 atom stereocenters. The average Bonchev–Trinajstić information content (AvgIpc) is 3.00. The Bertz CT molecular complexity index is 681. The van der Waals surface area contributed by atoms with Gasteiger partial charge in [0.05, 0.1) is 23.2 Å². The summed E-state index contributed by atoms with van der Waals surface area (Å²) in [4.78, 5) is 19.9. The molecule has 4 N–H and O–H groups in total. The van der Waals surface area contributed by atoms with Gasteiger partial charge in [-0.15, -0.1) is 0 Å². The molecule has 1 aliphatic carbocycles. The van der Waals surface area contributed by atoms with Crippen molar-refractivity contribution in [3.63, 3.8) is 0 Å². The smallest absolute Gasteiger partial charge is 0.315 e. The number of H-pyrrole nitrogens is 1. The van der Waals surface area contributed by atoms with Crippen molar-refractivity contribution in [3.05, 3.63) is 30.1 Å². The molecule has 6 nitrogen and oxygen atoms in total. The molecule has 0 spiro atoms. The molecule has 3 unspecified atom stereocenters. The summed E-state index contributed by atoms with van der Waals surface area (Å²) in [6.45, 7) is 4.42. The van der Waals surface area contributed by atoms with E-state index in [1.807, 2.05) is 38.1 Å². The Kier molecular flexibility index (Phi) is 4.76. The summed E-state index contributed by atoms with van der Waals surface area (Å²) in [5, 5.41) is 16.0. The first-order valence-electron chi connectivity index (χ1n) is 8.65. The van der Waals surface area contributed by atoms with Crippen molar-refractivity contribution in [1.82, 2.24) is 20.6 Å². The first kappa shape index (κ1) is 16.8. The highest BCUT2D eigenvalue weighted by molar-refractivity contribution is 5.76. The normalized spacial score (nSPS) is 25.4. The highest BCUT2D eigenvalue weighted by Crippen LogP contribution is 2.35. The average molecular weight is 330 g/mol. The van der Waals surface area contributed by atoms with Crippen LogP contribution in [0.5, 0.6) is 0 Å². The second-order valence-electron chi connectivity index (χ2n) is 7.10. The van der Waals surface area contributed by atoms with Gasteiger partial charge in [-0.1, -0.05) is 31.9 Å². The minimum absolute atomic E-state index is 0.221. The van der Waals surface area contributed by atoms with E-state index in [9.17, 15) is 9.90 Å². The number of carbonyl (C=O) groups excluding carboxylic acids is 1. The summed E-state index contributed by atoms with van der Waals surface area (Å²) in [7, 11) is 0. The molecule has 1 aromatic heterocycles. The zero-order chi connectivity index (χ0) is 17.2. The largest absolute Gasteiger partial charge is 0.392 e. The van der Waals surface area contributed by atoms with Gasteiger partial charge in [0.1, 0.15) is 5.82 Å². The molecular weight excluding hydrogens is 304 g/mol. The lowest BCUT2D eigenvalue weighted by Crippen LogP contribution is -2.48. The fourth-order valence-corrected chi connectivity index (χ4v) is 3.36. The Morgan fingerprint density at radius 1 is 1.46 bits per heavy atom. The van der Waals surface area contributed by atoms with Crippen molar-refractivity contribution >= 4 is 17.1 Å². The predicted molar refractivity (Wildman–Crippen MR) is 93.6 cm³/mol. The van der Waals surface area contributed by atoms with Gasteiger partial charge in [0, 0.05) is 12.0 Å². The van der Waals surface area contributed by atoms with Crippen LogP contribution >= 0.6 is 0 Å². The van der Waals surface area contributed by atoms with Crippen LogP contribution in [0.2, 0.25) is 0 Å². The van der Waals surface area contributed by atoms with E-state index < -0.39 is 0 Å². The molecule has 6 heteroatoms. The van der Waals surface area contributed by atoms with Crippen molar-refractivity contribution < 1.29 is 9.90 Å². The molecule has 1 saturated carbocycles. The number of urea groups is 1. The van der Waals surface area contributed by atoms with Crippen LogP contribution in [0.1, 0.15) is 51.4 Å². The molecule has 0 saturated heterocycles. The molecule has 1 aromatic carbocycles. The second-order valence-corrected chi connectivity index (χ2v) is 7.10. The number of aliphatic hydroxyl groups excluding tert-OH is 1. The Hall–Kier alpha value is -2.08. The third kappa shape index (κ3) is 3.53. The van der Waals surface area contributed by atoms with E-state index in [4.69, 9.17) is 0 Å². The molecule has 1 fully saturated rings. The first-order chi connectivity index (χ1) is 11.5. The molecule has 3 rings (SSSR count). The Labute approximate surface area is 142 Å². The van der Waals surface area contributed by atoms with Crippen molar-refractivity contribution in [2.75, 3.05) is 6.54 Å². The van der Waals surface area contributed by atoms with E-state index >= 15 is 0 Å². The molecule has 0 radical (unpaired) electrons. The molecule has 0 bridgehead atoms. The van der Waals surface area contributed by atoms with E-state index in [0.29, 0.717) is 6.54 Å². The molecule has 2 amide bonds. The van der Waals surface area contributed by atoms with Crippen LogP contribution < -0.4 is 10.6 Å². The monoisotopic (exact) mass is 330 g/mol. The van der Waals surface area contributed by atoms with Crippen molar-refractivity contribution in [2.24, 2.45) is 5.41 Å². The topological polar surface area (TPSA) is 90.0 Å². The van der Waals surface area contributed by atoms with E-state index in [0.717, 1.165) is 42.5 Å². The number of hydrogen-bond donors (Lipinski definition) is 4. The number of fused-ring (bicyclic) bond motifs is 1. The fraction of sp³-hybridized carbons (Fsp3) is 0.556. The van der Waals surface area contributed by atoms with Crippen LogP contribution in [0, 0.1) is 5.41 Å². The standard InChI is InChI=1S/C18H26N4O2/c1-12(16-21-13-7-3-4-8-14(13)22-16)20-17(24)19-11-18(2)10-6-5-9-15(18)23/h3-4,7-8,12,15,23H,5-6,9-11H2,1-2H3,(H,21,22)(H2,19,20,24). The maximum atomic E-state index is 12.2. The number of amides is 2. The molecule has 130 valence electrons. The molecule has 1 heterocycles. The van der Waals surface area contributed by atoms with E-state index in [1.165, 1.54) is 0 Å². The molecule has 1 aliphatic rings. The third-order valence-corrected chi connectivity index (χ3v) is 5.10. The zero-order valence-corrected chi connectivity index (χ0v) is 14.3. The summed E-state index contributed by atoms with van der Waals surface area (Å²) < 4.78 is 0. The molecule has 0 aliphatic heterocycles. The summed E-state index contributed by atoms with van der Waals surface area (Å²) in [6, 6.07) is 7.33. The predicted octanol–water partition coefficient (Wildman–Crippen LogP) is 2.86. The number of nitrogens with zero attached hydrogens (tertiary/aromatic N) is 1. The van der Waals surface area contributed by atoms with E-state index in [1.54, 1.807) is 0 Å². The maximum absolute atomic E-state index is 12.2. The second kappa shape index (κ2) is 6.81. The SMILES string of the molecule is CC(NC(=O)NCC1(C)CCCCC1O)c1nc2ccccc2[nH]1. The number of nitrogens with one attached hydrogen (secondary N) is 3. The number of para-hydroxylation sites is 2. The number of aromatic amines is 1. The number of rotatable bonds is 4. The number of aromatic nitrogens is 2. The van der Waals surface area contributed by atoms with E-state index in [2.05, 4.69) is 20.6 Å². The number of aliphatic hydroxyl groups is 1. The lowest BCUT2D eigenvalue weighted by molar-refractivity contribution is 0.00305. The maximum Gasteiger partial charge on any atom is 0.315 e. The summed E-state index contributed by atoms with van der Waals surface area (Å²) in [5.41, 5.74) is 1.61. The van der Waals surface area contributed by atoms with Crippen molar-refractivity contribution in [1.29, 1.82) is 0 Å². The number of hydrogen-bond acceptors (Lipinski definition) is 3. The highest BCUT2D eigenvalue weighted by atomic mass is 16.3. The highest BCUT2D eigenvalue weighted by Gasteiger charge is 2.35. The van der Waals surface area contributed by atoms with Gasteiger partial charge < -0.3 is 20.7 Å². The summed E-state index contributed by atoms with van der Waals surface area (Å²) >= 11 is 0. The van der Waals surface area contributed by atoms with Crippen LogP contribution in [0.15, 0.2) is 24.3 Å². The van der Waals surface area contributed by atoms with Crippen LogP contribution in [-0.2, 0) is 0 Å². The van der Waals surface area contributed by atoms with Gasteiger partial charge >= 0.3 is 6.03 Å². The Morgan fingerprint density at radius 2 is 2.25 bits per heavy atom. The van der Waals surface area contributed by atoms with E-state index in [-0.39, 0.29) is 23.6 Å². The van der Waals surface area contributed by atoms with Gasteiger partial charge in [-0.05, 0) is 31.9 Å². The lowest BCUT2D eigenvalue weighted by atomic mass is 9.73. The minimum Gasteiger partial charge on any atom is -0.392 e. The fourth-order valence-electron chi connectivity index (χ4n) is 3.36. The van der Waals surface area contributed by atoms with Crippen molar-refractivity contribution in [3.8, 4) is 0 Å². The van der Waals surface area contributed by atoms with Crippen LogP contribution in [0.3, 0.4) is 0 Å². The third-order valence-electron chi connectivity index (χ3n) is 5.10. The van der Waals surface area contributed by atoms with Crippen LogP contribution in [0.25, 0.3) is 11.0 Å². The first-order valence-corrected chi connectivity index (χ1v) is 8.65. The van der Waals surface area contributed by atoms with Gasteiger partial charge in [0.2, 0.25) is 0 Å². The molecule has 2 aromatic rings. The van der Waals surface area contributed by atoms with Gasteiger partial charge in [0.15, 0.2) is 0 Å². The number of benzene rings is 1. The Morgan fingerprint density at radius 3 is 3.00 bits per heavy atom. The Balaban J connectivity index is 1.56. The quantitative estimate of drug-likeness (QED) is 0.695. The lowest BCUT2D eigenvalue weighted by Gasteiger charge is -2.38. The summed E-state index contributed by atoms with van der Waals surface area (Å²) in [6.07, 6.45) is 3.57. The van der Waals surface area contributed by atoms with Gasteiger partial charge in [-0.3, -0.25) is 0 Å². The van der Waals surface area contributed by atoms with Crippen LogP contribution in [0.4, 0.5) is 4.79 Å². The van der Waals surface area contributed by atoms with Crippen LogP contribution in [-0.4, -0.2) is 33.8 Å². The van der Waals surface area contributed by atoms with Gasteiger partial charge in [0.25, 0.3) is 0 Å². The minimum atomic E-state index is -0.348. The van der Waals surface area contributed by atoms with Crippen molar-refractivity contribution in [2.45, 2.75) is 51.7 Å². The number of carbonyl (C=O) groups is 1. The zero-order valence-electron chi connectivity index (χ0n) is 14.3. The number of imidazole rings is 1. The molecule has 24 heavy (non-hydrogen) atoms. The molecular formula is C18H26N4O2.